The fourth-order valence-electron chi connectivity index (χ4n) is 11.8. The number of sulfonamides is 1. The van der Waals surface area contributed by atoms with Crippen LogP contribution in [0, 0.1) is 27.3 Å². The van der Waals surface area contributed by atoms with Crippen molar-refractivity contribution in [3.63, 3.8) is 0 Å². The first-order chi connectivity index (χ1) is 35.2. The second-order valence-corrected chi connectivity index (χ2v) is 23.4. The van der Waals surface area contributed by atoms with Gasteiger partial charge in [-0.15, -0.1) is 0 Å². The van der Waals surface area contributed by atoms with E-state index in [0.29, 0.717) is 52.7 Å². The van der Waals surface area contributed by atoms with Gasteiger partial charge in [0.15, 0.2) is 11.6 Å². The molecule has 1 atom stereocenters. The summed E-state index contributed by atoms with van der Waals surface area (Å²) in [5, 5.41) is 20.8. The number of aromatic nitrogens is 1. The molecule has 4 fully saturated rings. The summed E-state index contributed by atoms with van der Waals surface area (Å²) in [4.78, 5) is 35.9. The number of carbonyl (C=O) groups is 1. The number of benzene rings is 4. The van der Waals surface area contributed by atoms with Crippen molar-refractivity contribution in [2.45, 2.75) is 94.7 Å². The molecule has 1 unspecified atom stereocenters. The zero-order chi connectivity index (χ0) is 50.9. The lowest BCUT2D eigenvalue weighted by atomic mass is 9.72. The molecule has 4 N–H and O–H groups in total. The largest absolute Gasteiger partial charge is 0.453 e. The van der Waals surface area contributed by atoms with Gasteiger partial charge in [0.05, 0.1) is 15.4 Å². The Hall–Kier alpha value is -5.56. The van der Waals surface area contributed by atoms with Crippen LogP contribution in [0.5, 0.6) is 11.5 Å². The van der Waals surface area contributed by atoms with Gasteiger partial charge in [0.1, 0.15) is 11.4 Å². The van der Waals surface area contributed by atoms with Crippen LogP contribution < -0.4 is 25.0 Å². The number of allylic oxidation sites excluding steroid dienone is 1. The number of fused-ring (bicyclic) bond motifs is 1. The average Bonchev–Trinajstić information content (AvgIpc) is 3.84. The molecule has 1 saturated carbocycles. The number of hydrogen-bond donors (Lipinski definition) is 4. The lowest BCUT2D eigenvalue weighted by Gasteiger charge is -2.47. The Morgan fingerprint density at radius 3 is 2.45 bits per heavy atom. The van der Waals surface area contributed by atoms with Crippen molar-refractivity contribution in [1.82, 2.24) is 24.8 Å². The van der Waals surface area contributed by atoms with E-state index in [2.05, 4.69) is 61.0 Å². The number of rotatable bonds is 14. The van der Waals surface area contributed by atoms with E-state index >= 15 is 4.39 Å². The van der Waals surface area contributed by atoms with Gasteiger partial charge in [-0.25, -0.2) is 17.5 Å². The standard InChI is InChI=1S/C55H66ClFN8O7S/c1-55(2)19-15-39(46(33-55)36-3-5-40(56)6-4-36)35-62-23-25-63(26-24-62)43-11-13-45(52(30-43)72-53-29-38-16-20-59-49(38)32-47(53)57)54(66)61-73(69,70)44-12-14-48(50(31-44)65(67)68)60-41-7-9-42(10-8-41)64-22-21-58-34-51(64)37-17-27-71-28-18-37/h3-6,11-14,16,20,29-32,37,41-42,51,58-60H,7-10,15,17-19,21-28,33-35H2,1-2H3,(H,61,66). The number of nitro benzene ring substituents is 1. The van der Waals surface area contributed by atoms with Crippen LogP contribution in [0.3, 0.4) is 0 Å². The van der Waals surface area contributed by atoms with Crippen LogP contribution in [0.1, 0.15) is 87.6 Å². The van der Waals surface area contributed by atoms with Crippen molar-refractivity contribution >= 4 is 61.1 Å². The number of piperazine rings is 2. The smallest absolute Gasteiger partial charge is 0.293 e. The van der Waals surface area contributed by atoms with Gasteiger partial charge >= 0.3 is 0 Å². The highest BCUT2D eigenvalue weighted by atomic mass is 35.5. The Morgan fingerprint density at radius 2 is 1.70 bits per heavy atom. The average molecular weight is 1040 g/mol. The number of halogens is 2. The fraction of sp³-hybridized carbons (Fsp3) is 0.473. The first-order valence-corrected chi connectivity index (χ1v) is 27.7. The molecule has 4 aromatic carbocycles. The molecule has 388 valence electrons. The topological polar surface area (TPSA) is 174 Å². The molecule has 15 nitrogen and oxygen atoms in total. The van der Waals surface area contributed by atoms with Crippen molar-refractivity contribution < 1.29 is 32.0 Å². The van der Waals surface area contributed by atoms with E-state index in [1.807, 2.05) is 12.1 Å². The van der Waals surface area contributed by atoms with E-state index < -0.39 is 37.3 Å². The van der Waals surface area contributed by atoms with Gasteiger partial charge in [0.25, 0.3) is 21.6 Å². The maximum Gasteiger partial charge on any atom is 0.293 e. The lowest BCUT2D eigenvalue weighted by molar-refractivity contribution is -0.384. The third kappa shape index (κ3) is 11.7. The van der Waals surface area contributed by atoms with E-state index in [0.717, 1.165) is 116 Å². The summed E-state index contributed by atoms with van der Waals surface area (Å²) in [6.07, 6.45) is 10.5. The minimum atomic E-state index is -4.66. The summed E-state index contributed by atoms with van der Waals surface area (Å²) in [6, 6.07) is 22.1. The number of nitrogens with one attached hydrogen (secondary N) is 4. The van der Waals surface area contributed by atoms with Crippen LogP contribution >= 0.6 is 11.6 Å². The van der Waals surface area contributed by atoms with E-state index in [1.54, 1.807) is 24.4 Å². The highest BCUT2D eigenvalue weighted by Gasteiger charge is 2.37. The predicted octanol–water partition coefficient (Wildman–Crippen LogP) is 9.99. The van der Waals surface area contributed by atoms with Gasteiger partial charge in [-0.3, -0.25) is 24.7 Å². The SMILES string of the molecule is CC1(C)CCC(CN2CCN(c3ccc(C(=O)NS(=O)(=O)c4ccc(NC5CCC(N6CCNCC6C6CCOCC6)CC5)c([N+](=O)[O-])c4)c(Oc4cc5cc[nH]c5cc4F)c3)CC2)=C(c2ccc(Cl)cc2)C1. The molecule has 1 aromatic heterocycles. The molecule has 0 radical (unpaired) electrons. The number of anilines is 2. The number of aromatic amines is 1. The first-order valence-electron chi connectivity index (χ1n) is 25.9. The second-order valence-electron chi connectivity index (χ2n) is 21.3. The van der Waals surface area contributed by atoms with Crippen LogP contribution in [0.4, 0.5) is 21.5 Å². The molecule has 4 heterocycles. The maximum absolute atomic E-state index is 15.6. The molecule has 5 aromatic rings. The molecule has 73 heavy (non-hydrogen) atoms. The van der Waals surface area contributed by atoms with Gasteiger partial charge in [-0.2, -0.15) is 0 Å². The van der Waals surface area contributed by atoms with E-state index in [9.17, 15) is 23.3 Å². The lowest BCUT2D eigenvalue weighted by Crippen LogP contribution is -2.59. The summed E-state index contributed by atoms with van der Waals surface area (Å²) in [7, 11) is -4.66. The van der Waals surface area contributed by atoms with Crippen LogP contribution in [0.2, 0.25) is 5.02 Å². The van der Waals surface area contributed by atoms with Gasteiger partial charge < -0.3 is 30.0 Å². The third-order valence-electron chi connectivity index (χ3n) is 15.9. The number of H-pyrrole nitrogens is 1. The summed E-state index contributed by atoms with van der Waals surface area (Å²) >= 11 is 6.26. The number of nitro groups is 1. The van der Waals surface area contributed by atoms with Gasteiger partial charge in [0, 0.05) is 130 Å². The van der Waals surface area contributed by atoms with Gasteiger partial charge in [-0.05, 0) is 129 Å². The summed E-state index contributed by atoms with van der Waals surface area (Å²) in [6.45, 7) is 12.9. The van der Waals surface area contributed by atoms with E-state index in [4.69, 9.17) is 21.1 Å². The van der Waals surface area contributed by atoms with Gasteiger partial charge in [0.2, 0.25) is 0 Å². The number of ether oxygens (including phenoxy) is 2. The minimum Gasteiger partial charge on any atom is -0.453 e. The fourth-order valence-corrected chi connectivity index (χ4v) is 12.9. The molecule has 2 aliphatic carbocycles. The Kier molecular flexibility index (Phi) is 15.2. The Labute approximate surface area is 432 Å². The molecular formula is C55H66ClFN8O7S. The molecule has 18 heteroatoms. The summed E-state index contributed by atoms with van der Waals surface area (Å²) in [5.41, 5.74) is 5.15. The molecule has 0 bridgehead atoms. The predicted molar refractivity (Wildman–Crippen MR) is 284 cm³/mol. The van der Waals surface area contributed by atoms with Crippen LogP contribution in [0.25, 0.3) is 16.5 Å². The van der Waals surface area contributed by atoms with Crippen molar-refractivity contribution in [2.24, 2.45) is 11.3 Å². The zero-order valence-electron chi connectivity index (χ0n) is 41.6. The van der Waals surface area contributed by atoms with Crippen molar-refractivity contribution in [3.05, 3.63) is 123 Å². The summed E-state index contributed by atoms with van der Waals surface area (Å²) in [5.74, 6) is -1.33. The normalized spacial score (nSPS) is 22.6. The highest BCUT2D eigenvalue weighted by molar-refractivity contribution is 7.90. The highest BCUT2D eigenvalue weighted by Crippen LogP contribution is 2.44. The number of carbonyl (C=O) groups excluding carboxylic acids is 1. The van der Waals surface area contributed by atoms with Crippen molar-refractivity contribution in [3.8, 4) is 11.5 Å². The van der Waals surface area contributed by atoms with Crippen LogP contribution in [-0.4, -0.2) is 118 Å². The number of nitrogens with zero attached hydrogens (tertiary/aromatic N) is 4. The second kappa shape index (κ2) is 21.7. The molecule has 3 aliphatic heterocycles. The molecular weight excluding hydrogens is 971 g/mol. The van der Waals surface area contributed by atoms with Crippen molar-refractivity contribution in [2.75, 3.05) is 75.8 Å². The molecule has 0 spiro atoms. The Morgan fingerprint density at radius 1 is 0.932 bits per heavy atom. The molecule has 5 aliphatic rings. The molecule has 3 saturated heterocycles. The minimum absolute atomic E-state index is 0.0318. The van der Waals surface area contributed by atoms with E-state index in [1.165, 1.54) is 47.0 Å². The Bertz CT molecular complexity index is 2960. The van der Waals surface area contributed by atoms with Gasteiger partial charge in [-0.1, -0.05) is 43.2 Å². The summed E-state index contributed by atoms with van der Waals surface area (Å²) < 4.78 is 57.5. The Balaban J connectivity index is 0.832. The molecule has 10 rings (SSSR count). The van der Waals surface area contributed by atoms with Crippen LogP contribution in [0.15, 0.2) is 95.5 Å². The quantitative estimate of drug-likeness (QED) is 0.0613. The van der Waals surface area contributed by atoms with E-state index in [-0.39, 0.29) is 34.2 Å². The van der Waals surface area contributed by atoms with Crippen LogP contribution in [-0.2, 0) is 14.8 Å². The molecule has 1 amide bonds. The monoisotopic (exact) mass is 1040 g/mol. The maximum atomic E-state index is 15.6. The third-order valence-corrected chi connectivity index (χ3v) is 17.5. The van der Waals surface area contributed by atoms with Crippen molar-refractivity contribution in [1.29, 1.82) is 0 Å². The number of amides is 1. The zero-order valence-corrected chi connectivity index (χ0v) is 43.2. The number of hydrogen-bond acceptors (Lipinski definition) is 12. The first kappa shape index (κ1) is 50.9.